The molecule has 1 N–H and O–H groups in total. The molecule has 0 spiro atoms. The number of nitrogens with zero attached hydrogens (tertiary/aromatic N) is 5. The molecule has 0 radical (unpaired) electrons. The van der Waals surface area contributed by atoms with E-state index >= 15 is 0 Å². The molecule has 1 saturated heterocycles. The summed E-state index contributed by atoms with van der Waals surface area (Å²) in [6.07, 6.45) is 5.66. The van der Waals surface area contributed by atoms with Crippen molar-refractivity contribution >= 4 is 0 Å². The fourth-order valence-corrected chi connectivity index (χ4v) is 3.63. The van der Waals surface area contributed by atoms with E-state index in [2.05, 4.69) is 39.0 Å². The predicted octanol–water partition coefficient (Wildman–Crippen LogP) is 1.16. The molecule has 1 aliphatic heterocycles. The molecule has 7 nitrogen and oxygen atoms in total. The fourth-order valence-electron chi connectivity index (χ4n) is 3.63. The Labute approximate surface area is 147 Å². The molecule has 1 atom stereocenters. The van der Waals surface area contributed by atoms with Crippen molar-refractivity contribution in [1.29, 1.82) is 0 Å². The molecule has 0 aromatic carbocycles. The molecule has 2 aromatic heterocycles. The number of aromatic nitrogens is 3. The van der Waals surface area contributed by atoms with Gasteiger partial charge in [0, 0.05) is 44.6 Å². The molecule has 7 heteroatoms. The molecular formula is C18H25N5O2. The summed E-state index contributed by atoms with van der Waals surface area (Å²) in [5, 5.41) is 18.7. The lowest BCUT2D eigenvalue weighted by molar-refractivity contribution is 0.00574. The SMILES string of the molecule is CN(CC(O)CN1CC(C)(c2nnc(-c3cccnc3)o2)C1)C1CC1. The second kappa shape index (κ2) is 6.48. The van der Waals surface area contributed by atoms with Crippen LogP contribution in [0, 0.1) is 0 Å². The first-order chi connectivity index (χ1) is 12.0. The first-order valence-corrected chi connectivity index (χ1v) is 8.88. The first-order valence-electron chi connectivity index (χ1n) is 8.88. The summed E-state index contributed by atoms with van der Waals surface area (Å²) in [6.45, 7) is 5.21. The van der Waals surface area contributed by atoms with Gasteiger partial charge in [-0.05, 0) is 38.9 Å². The van der Waals surface area contributed by atoms with Crippen LogP contribution in [0.5, 0.6) is 0 Å². The van der Waals surface area contributed by atoms with E-state index in [-0.39, 0.29) is 11.5 Å². The monoisotopic (exact) mass is 343 g/mol. The van der Waals surface area contributed by atoms with Gasteiger partial charge in [0.05, 0.1) is 17.1 Å². The van der Waals surface area contributed by atoms with Crippen molar-refractivity contribution in [3.8, 4) is 11.5 Å². The van der Waals surface area contributed by atoms with Gasteiger partial charge in [-0.15, -0.1) is 10.2 Å². The van der Waals surface area contributed by atoms with Crippen molar-refractivity contribution in [2.45, 2.75) is 37.3 Å². The number of β-amino-alcohol motifs (C(OH)–C–C–N with tert-alkyl or cyclic N) is 1. The van der Waals surface area contributed by atoms with E-state index in [1.807, 2.05) is 12.1 Å². The minimum absolute atomic E-state index is 0.143. The highest BCUT2D eigenvalue weighted by Gasteiger charge is 2.45. The number of aliphatic hydroxyl groups is 1. The van der Waals surface area contributed by atoms with Gasteiger partial charge in [0.2, 0.25) is 11.8 Å². The van der Waals surface area contributed by atoms with Gasteiger partial charge in [-0.1, -0.05) is 0 Å². The van der Waals surface area contributed by atoms with Gasteiger partial charge in [0.1, 0.15) is 0 Å². The Morgan fingerprint density at radius 3 is 2.88 bits per heavy atom. The molecule has 2 aliphatic rings. The van der Waals surface area contributed by atoms with Gasteiger partial charge >= 0.3 is 0 Å². The van der Waals surface area contributed by atoms with Gasteiger partial charge < -0.3 is 14.4 Å². The molecule has 1 aliphatic carbocycles. The van der Waals surface area contributed by atoms with Crippen LogP contribution in [0.25, 0.3) is 11.5 Å². The molecule has 25 heavy (non-hydrogen) atoms. The summed E-state index contributed by atoms with van der Waals surface area (Å²) in [5.41, 5.74) is 0.690. The zero-order valence-electron chi connectivity index (χ0n) is 14.8. The Morgan fingerprint density at radius 1 is 1.40 bits per heavy atom. The predicted molar refractivity (Wildman–Crippen MR) is 93.0 cm³/mol. The number of pyridine rings is 1. The maximum absolute atomic E-state index is 10.3. The normalized spacial score (nSPS) is 21.3. The van der Waals surface area contributed by atoms with Crippen LogP contribution in [0.2, 0.25) is 0 Å². The van der Waals surface area contributed by atoms with Crippen molar-refractivity contribution in [3.05, 3.63) is 30.4 Å². The van der Waals surface area contributed by atoms with Gasteiger partial charge in [0.25, 0.3) is 0 Å². The van der Waals surface area contributed by atoms with Crippen molar-refractivity contribution in [2.75, 3.05) is 33.2 Å². The molecule has 1 saturated carbocycles. The van der Waals surface area contributed by atoms with Crippen LogP contribution in [0.3, 0.4) is 0 Å². The number of likely N-dealkylation sites (tertiary alicyclic amines) is 1. The van der Waals surface area contributed by atoms with Crippen LogP contribution < -0.4 is 0 Å². The molecule has 3 heterocycles. The molecule has 1 unspecified atom stereocenters. The van der Waals surface area contributed by atoms with E-state index in [0.717, 1.165) is 25.2 Å². The zero-order chi connectivity index (χ0) is 17.4. The minimum atomic E-state index is -0.316. The van der Waals surface area contributed by atoms with Crippen LogP contribution in [0.15, 0.2) is 28.9 Å². The topological polar surface area (TPSA) is 78.5 Å². The Kier molecular flexibility index (Phi) is 4.31. The maximum Gasteiger partial charge on any atom is 0.249 e. The molecule has 134 valence electrons. The smallest absolute Gasteiger partial charge is 0.249 e. The summed E-state index contributed by atoms with van der Waals surface area (Å²) >= 11 is 0. The number of rotatable bonds is 7. The van der Waals surface area contributed by atoms with Gasteiger partial charge in [0.15, 0.2) is 0 Å². The lowest BCUT2D eigenvalue weighted by Gasteiger charge is -2.46. The summed E-state index contributed by atoms with van der Waals surface area (Å²) < 4.78 is 5.87. The third-order valence-electron chi connectivity index (χ3n) is 5.13. The first kappa shape index (κ1) is 16.6. The van der Waals surface area contributed by atoms with Crippen LogP contribution in [0.4, 0.5) is 0 Å². The summed E-state index contributed by atoms with van der Waals surface area (Å²) in [6, 6.07) is 4.44. The lowest BCUT2D eigenvalue weighted by Crippen LogP contribution is -2.60. The third kappa shape index (κ3) is 3.58. The summed E-state index contributed by atoms with van der Waals surface area (Å²) in [4.78, 5) is 8.60. The van der Waals surface area contributed by atoms with E-state index < -0.39 is 0 Å². The Morgan fingerprint density at radius 2 is 2.20 bits per heavy atom. The highest BCUT2D eigenvalue weighted by Crippen LogP contribution is 2.34. The van der Waals surface area contributed by atoms with Crippen molar-refractivity contribution in [3.63, 3.8) is 0 Å². The average Bonchev–Trinajstić information content (AvgIpc) is 3.31. The molecule has 0 bridgehead atoms. The van der Waals surface area contributed by atoms with Crippen LogP contribution in [0.1, 0.15) is 25.7 Å². The van der Waals surface area contributed by atoms with Gasteiger partial charge in [-0.2, -0.15) is 0 Å². The highest BCUT2D eigenvalue weighted by molar-refractivity contribution is 5.50. The Hall–Kier alpha value is -1.83. The number of hydrogen-bond acceptors (Lipinski definition) is 7. The molecule has 4 rings (SSSR count). The number of likely N-dealkylation sites (N-methyl/N-ethyl adjacent to an activating group) is 1. The molecule has 0 amide bonds. The third-order valence-corrected chi connectivity index (χ3v) is 5.13. The minimum Gasteiger partial charge on any atom is -0.420 e. The van der Waals surface area contributed by atoms with E-state index in [9.17, 15) is 5.11 Å². The summed E-state index contributed by atoms with van der Waals surface area (Å²) in [5.74, 6) is 1.17. The summed E-state index contributed by atoms with van der Waals surface area (Å²) in [7, 11) is 2.10. The molecule has 2 aromatic rings. The second-order valence-corrected chi connectivity index (χ2v) is 7.71. The maximum atomic E-state index is 10.3. The molecule has 2 fully saturated rings. The zero-order valence-corrected chi connectivity index (χ0v) is 14.8. The van der Waals surface area contributed by atoms with E-state index in [4.69, 9.17) is 4.42 Å². The largest absolute Gasteiger partial charge is 0.420 e. The van der Waals surface area contributed by atoms with Gasteiger partial charge in [-0.25, -0.2) is 0 Å². The van der Waals surface area contributed by atoms with Crippen LogP contribution in [-0.2, 0) is 5.41 Å². The number of hydrogen-bond donors (Lipinski definition) is 1. The van der Waals surface area contributed by atoms with Crippen LogP contribution in [-0.4, -0.2) is 75.5 Å². The molecular weight excluding hydrogens is 318 g/mol. The van der Waals surface area contributed by atoms with E-state index in [1.165, 1.54) is 12.8 Å². The highest BCUT2D eigenvalue weighted by atomic mass is 16.4. The van der Waals surface area contributed by atoms with Crippen molar-refractivity contribution < 1.29 is 9.52 Å². The Balaban J connectivity index is 1.32. The lowest BCUT2D eigenvalue weighted by atomic mass is 9.81. The average molecular weight is 343 g/mol. The Bertz CT molecular complexity index is 709. The van der Waals surface area contributed by atoms with Crippen LogP contribution >= 0.6 is 0 Å². The van der Waals surface area contributed by atoms with Crippen molar-refractivity contribution in [1.82, 2.24) is 25.0 Å². The fraction of sp³-hybridized carbons (Fsp3) is 0.611. The quantitative estimate of drug-likeness (QED) is 0.808. The standard InChI is InChI=1S/C18H25N5O2/c1-18(17-21-20-16(25-17)13-4-3-7-19-8-13)11-23(12-18)10-15(24)9-22(2)14-5-6-14/h3-4,7-8,14-15,24H,5-6,9-12H2,1-2H3. The van der Waals surface area contributed by atoms with E-state index in [1.54, 1.807) is 12.4 Å². The second-order valence-electron chi connectivity index (χ2n) is 7.71. The van der Waals surface area contributed by atoms with Gasteiger partial charge in [-0.3, -0.25) is 9.88 Å². The van der Waals surface area contributed by atoms with E-state index in [0.29, 0.717) is 24.4 Å². The van der Waals surface area contributed by atoms with Crippen molar-refractivity contribution in [2.24, 2.45) is 0 Å². The number of aliphatic hydroxyl groups excluding tert-OH is 1.